The Morgan fingerprint density at radius 2 is 1.51 bits per heavy atom. The maximum absolute atomic E-state index is 6.29. The summed E-state index contributed by atoms with van der Waals surface area (Å²) in [6, 6.07) is 17.3. The quantitative estimate of drug-likeness (QED) is 0.188. The smallest absolute Gasteiger partial charge is 0.200 e. The van der Waals surface area contributed by atoms with Gasteiger partial charge in [-0.25, -0.2) is 0 Å². The van der Waals surface area contributed by atoms with Gasteiger partial charge in [-0.3, -0.25) is 0 Å². The van der Waals surface area contributed by atoms with E-state index in [1.807, 2.05) is 0 Å². The van der Waals surface area contributed by atoms with Crippen LogP contribution in [0.1, 0.15) is 115 Å². The molecule has 0 aliphatic heterocycles. The zero-order chi connectivity index (χ0) is 24.9. The Labute approximate surface area is 214 Å². The van der Waals surface area contributed by atoms with Gasteiger partial charge in [0.15, 0.2) is 6.29 Å². The van der Waals surface area contributed by atoms with Gasteiger partial charge in [0.2, 0.25) is 0 Å². The Hall–Kier alpha value is -2.00. The molecular formula is C32H48O3. The fraction of sp³-hybridized carbons (Fsp3) is 0.625. The summed E-state index contributed by atoms with van der Waals surface area (Å²) in [5.74, 6) is 3.66. The molecule has 194 valence electrons. The Balaban J connectivity index is 1.49. The molecule has 2 aromatic rings. The van der Waals surface area contributed by atoms with Crippen molar-refractivity contribution in [2.75, 3.05) is 13.2 Å². The first-order valence-corrected chi connectivity index (χ1v) is 14.2. The summed E-state index contributed by atoms with van der Waals surface area (Å²) in [7, 11) is 0. The summed E-state index contributed by atoms with van der Waals surface area (Å²) in [5, 5.41) is 0. The van der Waals surface area contributed by atoms with Gasteiger partial charge in [0, 0.05) is 6.42 Å². The summed E-state index contributed by atoms with van der Waals surface area (Å²) >= 11 is 0. The first-order chi connectivity index (χ1) is 17.1. The molecule has 0 spiro atoms. The van der Waals surface area contributed by atoms with Crippen molar-refractivity contribution in [3.63, 3.8) is 0 Å². The average Bonchev–Trinajstić information content (AvgIpc) is 2.90. The maximum atomic E-state index is 6.29. The largest absolute Gasteiger partial charge is 0.491 e. The molecule has 35 heavy (non-hydrogen) atoms. The minimum atomic E-state index is -0.256. The molecule has 3 heteroatoms. The van der Waals surface area contributed by atoms with Crippen LogP contribution in [-0.2, 0) is 4.74 Å². The van der Waals surface area contributed by atoms with Crippen molar-refractivity contribution >= 4 is 0 Å². The monoisotopic (exact) mass is 480 g/mol. The Bertz CT molecular complexity index is 808. The van der Waals surface area contributed by atoms with Crippen LogP contribution in [0.15, 0.2) is 48.5 Å². The number of hydrogen-bond acceptors (Lipinski definition) is 3. The van der Waals surface area contributed by atoms with Gasteiger partial charge in [-0.2, -0.15) is 0 Å². The van der Waals surface area contributed by atoms with Crippen molar-refractivity contribution in [1.29, 1.82) is 0 Å². The van der Waals surface area contributed by atoms with Crippen molar-refractivity contribution in [2.24, 2.45) is 5.92 Å². The first kappa shape index (κ1) is 27.6. The van der Waals surface area contributed by atoms with Crippen LogP contribution in [0.2, 0.25) is 0 Å². The van der Waals surface area contributed by atoms with E-state index in [4.69, 9.17) is 14.2 Å². The SMILES string of the molecule is CCCCC(C)CC(OCCOc1ccc(C2CCCCC2)cc1)Oc1ccc(C(C)CC)cc1. The number of ether oxygens (including phenoxy) is 3. The lowest BCUT2D eigenvalue weighted by atomic mass is 9.84. The van der Waals surface area contributed by atoms with Crippen molar-refractivity contribution in [1.82, 2.24) is 0 Å². The Morgan fingerprint density at radius 1 is 0.829 bits per heavy atom. The van der Waals surface area contributed by atoms with Crippen LogP contribution in [0.3, 0.4) is 0 Å². The molecule has 1 aliphatic rings. The summed E-state index contributed by atoms with van der Waals surface area (Å²) in [4.78, 5) is 0. The molecule has 1 aliphatic carbocycles. The second kappa shape index (κ2) is 15.2. The highest BCUT2D eigenvalue weighted by atomic mass is 16.7. The van der Waals surface area contributed by atoms with Crippen molar-refractivity contribution in [3.05, 3.63) is 59.7 Å². The van der Waals surface area contributed by atoms with Crippen molar-refractivity contribution < 1.29 is 14.2 Å². The highest BCUT2D eigenvalue weighted by molar-refractivity contribution is 5.30. The van der Waals surface area contributed by atoms with Crippen LogP contribution in [-0.4, -0.2) is 19.5 Å². The van der Waals surface area contributed by atoms with Crippen LogP contribution in [0.4, 0.5) is 0 Å². The number of hydrogen-bond donors (Lipinski definition) is 0. The minimum Gasteiger partial charge on any atom is -0.491 e. The van der Waals surface area contributed by atoms with Gasteiger partial charge in [-0.1, -0.05) is 90.5 Å². The van der Waals surface area contributed by atoms with Gasteiger partial charge in [0.05, 0.1) is 6.61 Å². The van der Waals surface area contributed by atoms with E-state index in [-0.39, 0.29) is 6.29 Å². The fourth-order valence-corrected chi connectivity index (χ4v) is 5.02. The highest BCUT2D eigenvalue weighted by Crippen LogP contribution is 2.33. The third-order valence-corrected chi connectivity index (χ3v) is 7.59. The van der Waals surface area contributed by atoms with Crippen molar-refractivity contribution in [2.45, 2.75) is 110 Å². The highest BCUT2D eigenvalue weighted by Gasteiger charge is 2.17. The first-order valence-electron chi connectivity index (χ1n) is 14.2. The van der Waals surface area contributed by atoms with E-state index in [0.717, 1.165) is 30.3 Å². The lowest BCUT2D eigenvalue weighted by molar-refractivity contribution is -0.0981. The number of unbranched alkanes of at least 4 members (excludes halogenated alkanes) is 1. The van der Waals surface area contributed by atoms with Gasteiger partial charge in [0.25, 0.3) is 0 Å². The lowest BCUT2D eigenvalue weighted by Gasteiger charge is -2.23. The zero-order valence-corrected chi connectivity index (χ0v) is 22.6. The molecule has 0 aromatic heterocycles. The predicted molar refractivity (Wildman–Crippen MR) is 147 cm³/mol. The third kappa shape index (κ3) is 9.52. The molecule has 0 heterocycles. The Kier molecular flexibility index (Phi) is 12.0. The van der Waals surface area contributed by atoms with E-state index < -0.39 is 0 Å². The molecule has 0 radical (unpaired) electrons. The molecule has 0 bridgehead atoms. The lowest BCUT2D eigenvalue weighted by Crippen LogP contribution is -2.25. The molecule has 3 atom stereocenters. The second-order valence-electron chi connectivity index (χ2n) is 10.5. The fourth-order valence-electron chi connectivity index (χ4n) is 5.02. The van der Waals surface area contributed by atoms with E-state index in [1.54, 1.807) is 0 Å². The molecule has 1 fully saturated rings. The van der Waals surface area contributed by atoms with E-state index in [1.165, 1.54) is 62.5 Å². The third-order valence-electron chi connectivity index (χ3n) is 7.59. The minimum absolute atomic E-state index is 0.256. The predicted octanol–water partition coefficient (Wildman–Crippen LogP) is 9.26. The number of benzene rings is 2. The molecule has 3 rings (SSSR count). The van der Waals surface area contributed by atoms with Crippen LogP contribution in [0.25, 0.3) is 0 Å². The molecule has 2 aromatic carbocycles. The van der Waals surface area contributed by atoms with E-state index >= 15 is 0 Å². The zero-order valence-electron chi connectivity index (χ0n) is 22.6. The van der Waals surface area contributed by atoms with Gasteiger partial charge < -0.3 is 14.2 Å². The molecule has 0 saturated heterocycles. The number of rotatable bonds is 15. The molecule has 0 amide bonds. The summed E-state index contributed by atoms with van der Waals surface area (Å²) in [6.45, 7) is 10.1. The Morgan fingerprint density at radius 3 is 2.17 bits per heavy atom. The topological polar surface area (TPSA) is 27.7 Å². The molecular weight excluding hydrogens is 432 g/mol. The van der Waals surface area contributed by atoms with Gasteiger partial charge >= 0.3 is 0 Å². The molecule has 3 unspecified atom stereocenters. The standard InChI is InChI=1S/C32H48O3/c1-5-7-11-25(3)24-32(35-31-20-14-27(15-21-31)26(4)6-2)34-23-22-33-30-18-16-29(17-19-30)28-12-9-8-10-13-28/h14-21,25-26,28,32H,5-13,22-24H2,1-4H3. The average molecular weight is 481 g/mol. The van der Waals surface area contributed by atoms with Gasteiger partial charge in [-0.15, -0.1) is 0 Å². The normalized spacial score (nSPS) is 17.0. The summed E-state index contributed by atoms with van der Waals surface area (Å²) in [5.41, 5.74) is 2.82. The summed E-state index contributed by atoms with van der Waals surface area (Å²) in [6.07, 6.45) is 12.2. The van der Waals surface area contributed by atoms with E-state index in [0.29, 0.717) is 25.0 Å². The van der Waals surface area contributed by atoms with E-state index in [2.05, 4.69) is 76.2 Å². The summed E-state index contributed by atoms with van der Waals surface area (Å²) < 4.78 is 18.5. The van der Waals surface area contributed by atoms with Crippen LogP contribution in [0, 0.1) is 5.92 Å². The molecule has 3 nitrogen and oxygen atoms in total. The van der Waals surface area contributed by atoms with Gasteiger partial charge in [-0.05, 0) is 72.4 Å². The van der Waals surface area contributed by atoms with Gasteiger partial charge in [0.1, 0.15) is 18.1 Å². The van der Waals surface area contributed by atoms with Crippen LogP contribution >= 0.6 is 0 Å². The van der Waals surface area contributed by atoms with Crippen LogP contribution in [0.5, 0.6) is 11.5 Å². The molecule has 1 saturated carbocycles. The van der Waals surface area contributed by atoms with E-state index in [9.17, 15) is 0 Å². The maximum Gasteiger partial charge on any atom is 0.200 e. The molecule has 0 N–H and O–H groups in total. The van der Waals surface area contributed by atoms with Crippen LogP contribution < -0.4 is 9.47 Å². The van der Waals surface area contributed by atoms with Crippen molar-refractivity contribution in [3.8, 4) is 11.5 Å². The second-order valence-corrected chi connectivity index (χ2v) is 10.5.